The summed E-state index contributed by atoms with van der Waals surface area (Å²) in [5.74, 6) is 0.822. The smallest absolute Gasteiger partial charge is 0.230 e. The SMILES string of the molecule is CC(C)[C@H]1CSC(=S)N1C(=O)C[C@@H](O)C(c1ccccc1)c1ccccc1. The first-order valence-corrected chi connectivity index (χ1v) is 10.6. The minimum Gasteiger partial charge on any atom is -0.392 e. The van der Waals surface area contributed by atoms with Gasteiger partial charge in [-0.25, -0.2) is 0 Å². The van der Waals surface area contributed by atoms with Crippen LogP contribution in [0.4, 0.5) is 0 Å². The average molecular weight is 400 g/mol. The van der Waals surface area contributed by atoms with Crippen molar-refractivity contribution in [3.05, 3.63) is 71.8 Å². The van der Waals surface area contributed by atoms with Crippen molar-refractivity contribution in [3.63, 3.8) is 0 Å². The first-order chi connectivity index (χ1) is 13.0. The summed E-state index contributed by atoms with van der Waals surface area (Å²) < 4.78 is 0.627. The number of benzene rings is 2. The van der Waals surface area contributed by atoms with E-state index in [1.54, 1.807) is 16.7 Å². The van der Waals surface area contributed by atoms with Crippen LogP contribution in [0.25, 0.3) is 0 Å². The Morgan fingerprint density at radius 2 is 1.63 bits per heavy atom. The predicted octanol–water partition coefficient (Wildman–Crippen LogP) is 4.45. The van der Waals surface area contributed by atoms with Crippen molar-refractivity contribution >= 4 is 34.2 Å². The molecule has 5 heteroatoms. The van der Waals surface area contributed by atoms with E-state index in [-0.39, 0.29) is 24.3 Å². The normalized spacial score (nSPS) is 18.3. The Kier molecular flexibility index (Phi) is 6.68. The number of nitrogens with zero attached hydrogens (tertiary/aromatic N) is 1. The van der Waals surface area contributed by atoms with Crippen LogP contribution in [-0.4, -0.2) is 38.1 Å². The van der Waals surface area contributed by atoms with Crippen LogP contribution in [0.1, 0.15) is 37.3 Å². The molecule has 2 aromatic carbocycles. The molecule has 1 aliphatic rings. The second kappa shape index (κ2) is 9.00. The topological polar surface area (TPSA) is 40.5 Å². The molecule has 3 nitrogen and oxygen atoms in total. The van der Waals surface area contributed by atoms with Crippen molar-refractivity contribution in [2.75, 3.05) is 5.75 Å². The lowest BCUT2D eigenvalue weighted by Gasteiger charge is -2.29. The van der Waals surface area contributed by atoms with Gasteiger partial charge < -0.3 is 5.11 Å². The van der Waals surface area contributed by atoms with Gasteiger partial charge in [-0.15, -0.1) is 0 Å². The first-order valence-electron chi connectivity index (χ1n) is 9.25. The molecule has 1 heterocycles. The zero-order valence-corrected chi connectivity index (χ0v) is 17.2. The Bertz CT molecular complexity index is 740. The summed E-state index contributed by atoms with van der Waals surface area (Å²) in [5, 5.41) is 11.1. The average Bonchev–Trinajstić information content (AvgIpc) is 3.05. The van der Waals surface area contributed by atoms with Crippen LogP contribution in [0.3, 0.4) is 0 Å². The Labute approximate surface area is 170 Å². The number of hydrogen-bond donors (Lipinski definition) is 1. The standard InChI is InChI=1S/C22H25NO2S2/c1-15(2)18-14-27-22(26)23(18)20(25)13-19(24)21(16-9-5-3-6-10-16)17-11-7-4-8-12-17/h3-12,15,18-19,21,24H,13-14H2,1-2H3/t18-,19-/m1/s1. The Balaban J connectivity index is 1.84. The Hall–Kier alpha value is -1.69. The highest BCUT2D eigenvalue weighted by molar-refractivity contribution is 8.23. The molecule has 0 spiro atoms. The van der Waals surface area contributed by atoms with Crippen LogP contribution in [0, 0.1) is 5.92 Å². The van der Waals surface area contributed by atoms with E-state index in [4.69, 9.17) is 12.2 Å². The number of carbonyl (C=O) groups is 1. The number of amides is 1. The van der Waals surface area contributed by atoms with Gasteiger partial charge in [0, 0.05) is 17.7 Å². The Morgan fingerprint density at radius 1 is 1.11 bits per heavy atom. The molecule has 0 aliphatic carbocycles. The lowest BCUT2D eigenvalue weighted by atomic mass is 9.85. The molecule has 0 radical (unpaired) electrons. The van der Waals surface area contributed by atoms with Crippen LogP contribution >= 0.6 is 24.0 Å². The summed E-state index contributed by atoms with van der Waals surface area (Å²) in [4.78, 5) is 14.7. The molecule has 1 N–H and O–H groups in total. The first kappa shape index (κ1) is 20.1. The minimum absolute atomic E-state index is 0.0539. The number of carbonyl (C=O) groups excluding carboxylic acids is 1. The second-order valence-electron chi connectivity index (χ2n) is 7.22. The molecular formula is C22H25NO2S2. The van der Waals surface area contributed by atoms with E-state index < -0.39 is 6.10 Å². The van der Waals surface area contributed by atoms with Gasteiger partial charge in [0.2, 0.25) is 5.91 Å². The summed E-state index contributed by atoms with van der Waals surface area (Å²) in [6.07, 6.45) is -0.762. The van der Waals surface area contributed by atoms with Crippen molar-refractivity contribution in [1.29, 1.82) is 0 Å². The molecule has 3 rings (SSSR count). The van der Waals surface area contributed by atoms with Crippen LogP contribution in [0.15, 0.2) is 60.7 Å². The van der Waals surface area contributed by atoms with E-state index in [1.807, 2.05) is 60.7 Å². The third kappa shape index (κ3) is 4.60. The molecule has 0 saturated carbocycles. The lowest BCUT2D eigenvalue weighted by Crippen LogP contribution is -2.43. The Morgan fingerprint density at radius 3 is 2.11 bits per heavy atom. The van der Waals surface area contributed by atoms with Gasteiger partial charge in [0.1, 0.15) is 4.32 Å². The van der Waals surface area contributed by atoms with E-state index in [2.05, 4.69) is 13.8 Å². The maximum atomic E-state index is 13.0. The van der Waals surface area contributed by atoms with E-state index in [9.17, 15) is 9.90 Å². The zero-order chi connectivity index (χ0) is 19.4. The minimum atomic E-state index is -0.816. The zero-order valence-electron chi connectivity index (χ0n) is 15.6. The van der Waals surface area contributed by atoms with Gasteiger partial charge in [-0.3, -0.25) is 9.69 Å². The maximum Gasteiger partial charge on any atom is 0.230 e. The third-order valence-electron chi connectivity index (χ3n) is 5.03. The predicted molar refractivity (Wildman–Crippen MR) is 116 cm³/mol. The van der Waals surface area contributed by atoms with Crippen molar-refractivity contribution < 1.29 is 9.90 Å². The van der Waals surface area contributed by atoms with Crippen molar-refractivity contribution in [2.24, 2.45) is 5.92 Å². The maximum absolute atomic E-state index is 13.0. The summed E-state index contributed by atoms with van der Waals surface area (Å²) >= 11 is 6.96. The molecule has 1 amide bonds. The second-order valence-corrected chi connectivity index (χ2v) is 8.88. The summed E-state index contributed by atoms with van der Waals surface area (Å²) in [7, 11) is 0. The van der Waals surface area contributed by atoms with Crippen molar-refractivity contribution in [1.82, 2.24) is 4.90 Å². The van der Waals surface area contributed by atoms with Crippen LogP contribution in [0.5, 0.6) is 0 Å². The molecule has 0 unspecified atom stereocenters. The molecule has 0 aromatic heterocycles. The largest absolute Gasteiger partial charge is 0.392 e. The highest BCUT2D eigenvalue weighted by atomic mass is 32.2. The summed E-state index contributed by atoms with van der Waals surface area (Å²) in [6, 6.07) is 19.8. The fourth-order valence-corrected chi connectivity index (χ4v) is 5.23. The van der Waals surface area contributed by atoms with Crippen LogP contribution in [0.2, 0.25) is 0 Å². The summed E-state index contributed by atoms with van der Waals surface area (Å²) in [6.45, 7) is 4.21. The number of thioether (sulfide) groups is 1. The number of aliphatic hydroxyl groups excluding tert-OH is 1. The highest BCUT2D eigenvalue weighted by Gasteiger charge is 2.37. The van der Waals surface area contributed by atoms with E-state index in [0.717, 1.165) is 16.9 Å². The molecule has 1 saturated heterocycles. The third-order valence-corrected chi connectivity index (χ3v) is 6.53. The lowest BCUT2D eigenvalue weighted by molar-refractivity contribution is -0.131. The van der Waals surface area contributed by atoms with Gasteiger partial charge in [0.15, 0.2) is 0 Å². The van der Waals surface area contributed by atoms with Gasteiger partial charge >= 0.3 is 0 Å². The number of aliphatic hydroxyl groups is 1. The van der Waals surface area contributed by atoms with Gasteiger partial charge in [-0.1, -0.05) is 98.5 Å². The monoisotopic (exact) mass is 399 g/mol. The molecule has 27 heavy (non-hydrogen) atoms. The fourth-order valence-electron chi connectivity index (χ4n) is 3.57. The number of thiocarbonyl (C=S) groups is 1. The number of hydrogen-bond acceptors (Lipinski definition) is 4. The van der Waals surface area contributed by atoms with Crippen molar-refractivity contribution in [3.8, 4) is 0 Å². The molecular weight excluding hydrogens is 374 g/mol. The summed E-state index contributed by atoms with van der Waals surface area (Å²) in [5.41, 5.74) is 2.01. The van der Waals surface area contributed by atoms with Crippen LogP contribution in [-0.2, 0) is 4.79 Å². The van der Waals surface area contributed by atoms with E-state index in [0.29, 0.717) is 10.2 Å². The quantitative estimate of drug-likeness (QED) is 0.729. The van der Waals surface area contributed by atoms with Crippen molar-refractivity contribution in [2.45, 2.75) is 38.3 Å². The molecule has 0 bridgehead atoms. The number of rotatable bonds is 6. The van der Waals surface area contributed by atoms with Gasteiger partial charge in [-0.2, -0.15) is 0 Å². The van der Waals surface area contributed by atoms with Crippen LogP contribution < -0.4 is 0 Å². The van der Waals surface area contributed by atoms with Gasteiger partial charge in [-0.05, 0) is 17.0 Å². The highest BCUT2D eigenvalue weighted by Crippen LogP contribution is 2.33. The molecule has 1 aliphatic heterocycles. The molecule has 1 fully saturated rings. The molecule has 2 atom stereocenters. The van der Waals surface area contributed by atoms with Gasteiger partial charge in [0.05, 0.1) is 12.5 Å². The molecule has 2 aromatic rings. The molecule has 142 valence electrons. The van der Waals surface area contributed by atoms with E-state index >= 15 is 0 Å². The van der Waals surface area contributed by atoms with E-state index in [1.165, 1.54) is 0 Å². The fraction of sp³-hybridized carbons (Fsp3) is 0.364. The van der Waals surface area contributed by atoms with Gasteiger partial charge in [0.25, 0.3) is 0 Å².